The number of para-hydroxylation sites is 1. The molecular formula is C18H19F5O8S. The number of alkyl halides is 5. The van der Waals surface area contributed by atoms with Gasteiger partial charge < -0.3 is 14.2 Å². The van der Waals surface area contributed by atoms with Crippen molar-refractivity contribution in [2.24, 2.45) is 5.92 Å². The fourth-order valence-electron chi connectivity index (χ4n) is 2.87. The molecule has 1 fully saturated rings. The van der Waals surface area contributed by atoms with Crippen LogP contribution in [-0.4, -0.2) is 48.7 Å². The third-order valence-electron chi connectivity index (χ3n) is 4.60. The Morgan fingerprint density at radius 2 is 1.56 bits per heavy atom. The quantitative estimate of drug-likeness (QED) is 0.194. The Morgan fingerprint density at radius 3 is 2.06 bits per heavy atom. The highest BCUT2D eigenvalue weighted by atomic mass is 32.2. The van der Waals surface area contributed by atoms with Crippen molar-refractivity contribution in [3.63, 3.8) is 0 Å². The van der Waals surface area contributed by atoms with Crippen LogP contribution in [0.25, 0.3) is 0 Å². The van der Waals surface area contributed by atoms with E-state index in [1.807, 2.05) is 0 Å². The van der Waals surface area contributed by atoms with E-state index in [9.17, 15) is 40.0 Å². The third kappa shape index (κ3) is 5.92. The van der Waals surface area contributed by atoms with Gasteiger partial charge in [-0.05, 0) is 25.0 Å². The molecule has 0 amide bonds. The topological polar surface area (TPSA) is 116 Å². The van der Waals surface area contributed by atoms with Crippen LogP contribution in [0.15, 0.2) is 30.3 Å². The van der Waals surface area contributed by atoms with E-state index in [0.717, 1.165) is 12.1 Å². The Hall–Kier alpha value is -2.32. The van der Waals surface area contributed by atoms with E-state index in [0.29, 0.717) is 19.3 Å². The molecule has 8 nitrogen and oxygen atoms in total. The van der Waals surface area contributed by atoms with Gasteiger partial charge in [0.25, 0.3) is 0 Å². The highest BCUT2D eigenvalue weighted by Crippen LogP contribution is 2.40. The zero-order chi connectivity index (χ0) is 24.2. The molecule has 1 N–H and O–H groups in total. The zero-order valence-corrected chi connectivity index (χ0v) is 17.1. The average molecular weight is 490 g/mol. The van der Waals surface area contributed by atoms with Gasteiger partial charge in [0, 0.05) is 0 Å². The monoisotopic (exact) mass is 490 g/mol. The van der Waals surface area contributed by atoms with E-state index < -0.39 is 57.5 Å². The lowest BCUT2D eigenvalue weighted by Gasteiger charge is -2.34. The molecule has 1 aromatic carbocycles. The number of esters is 2. The number of halogens is 5. The lowest BCUT2D eigenvalue weighted by Crippen LogP contribution is -2.61. The minimum Gasteiger partial charge on any atom is -0.421 e. The number of benzene rings is 1. The van der Waals surface area contributed by atoms with E-state index in [-0.39, 0.29) is 12.8 Å². The van der Waals surface area contributed by atoms with Gasteiger partial charge in [-0.25, -0.2) is 4.79 Å². The molecule has 32 heavy (non-hydrogen) atoms. The highest BCUT2D eigenvalue weighted by molar-refractivity contribution is 7.86. The van der Waals surface area contributed by atoms with Crippen LogP contribution < -0.4 is 4.74 Å². The molecular weight excluding hydrogens is 471 g/mol. The summed E-state index contributed by atoms with van der Waals surface area (Å²) in [6, 6.07) is 6.09. The van der Waals surface area contributed by atoms with E-state index in [4.69, 9.17) is 4.55 Å². The van der Waals surface area contributed by atoms with Crippen LogP contribution >= 0.6 is 0 Å². The molecule has 0 bridgehead atoms. The summed E-state index contributed by atoms with van der Waals surface area (Å²) in [5.74, 6) is -10.2. The lowest BCUT2D eigenvalue weighted by atomic mass is 9.89. The van der Waals surface area contributed by atoms with Crippen molar-refractivity contribution in [2.45, 2.75) is 49.3 Å². The van der Waals surface area contributed by atoms with Crippen LogP contribution in [0.1, 0.15) is 32.1 Å². The van der Waals surface area contributed by atoms with E-state index in [1.165, 1.54) is 18.2 Å². The van der Waals surface area contributed by atoms with Gasteiger partial charge >= 0.3 is 39.3 Å². The maximum absolute atomic E-state index is 14.0. The molecule has 0 spiro atoms. The molecule has 0 radical (unpaired) electrons. The largest absolute Gasteiger partial charge is 0.468 e. The summed E-state index contributed by atoms with van der Waals surface area (Å²) in [4.78, 5) is 24.8. The van der Waals surface area contributed by atoms with Gasteiger partial charge in [0.2, 0.25) is 0 Å². The molecule has 0 saturated heterocycles. The SMILES string of the molecule is O=C(OC(OCC(F)(F)S(=O)(=O)O)(C(=O)Oc1ccccc1)C(F)(F)F)C1CCCCC1. The molecule has 180 valence electrons. The highest BCUT2D eigenvalue weighted by Gasteiger charge is 2.69. The van der Waals surface area contributed by atoms with Gasteiger partial charge in [-0.15, -0.1) is 0 Å². The summed E-state index contributed by atoms with van der Waals surface area (Å²) < 4.78 is 112. The van der Waals surface area contributed by atoms with Gasteiger partial charge in [-0.2, -0.15) is 30.4 Å². The van der Waals surface area contributed by atoms with Crippen LogP contribution in [-0.2, 0) is 29.2 Å². The van der Waals surface area contributed by atoms with Crippen molar-refractivity contribution in [2.75, 3.05) is 6.61 Å². The van der Waals surface area contributed by atoms with Crippen LogP contribution in [0.3, 0.4) is 0 Å². The molecule has 1 saturated carbocycles. The molecule has 1 aliphatic rings. The fourth-order valence-corrected chi connectivity index (χ4v) is 3.08. The number of rotatable bonds is 8. The molecule has 0 heterocycles. The second kappa shape index (κ2) is 9.67. The summed E-state index contributed by atoms with van der Waals surface area (Å²) in [6.45, 7) is -2.66. The number of hydrogen-bond acceptors (Lipinski definition) is 7. The molecule has 0 aromatic heterocycles. The van der Waals surface area contributed by atoms with Gasteiger partial charge in [0.15, 0.2) is 0 Å². The van der Waals surface area contributed by atoms with Gasteiger partial charge in [-0.1, -0.05) is 37.5 Å². The van der Waals surface area contributed by atoms with Crippen LogP contribution in [0.4, 0.5) is 22.0 Å². The van der Waals surface area contributed by atoms with Crippen molar-refractivity contribution in [3.05, 3.63) is 30.3 Å². The molecule has 1 aliphatic carbocycles. The first-order valence-corrected chi connectivity index (χ1v) is 10.7. The summed E-state index contributed by atoms with van der Waals surface area (Å²) in [5, 5.41) is -5.26. The van der Waals surface area contributed by atoms with E-state index in [1.54, 1.807) is 0 Å². The number of ether oxygens (including phenoxy) is 3. The van der Waals surface area contributed by atoms with Crippen LogP contribution in [0.2, 0.25) is 0 Å². The number of hydrogen-bond donors (Lipinski definition) is 1. The fraction of sp³-hybridized carbons (Fsp3) is 0.556. The number of carbonyl (C=O) groups is 2. The molecule has 14 heteroatoms. The molecule has 0 aliphatic heterocycles. The predicted octanol–water partition coefficient (Wildman–Crippen LogP) is 3.47. The van der Waals surface area contributed by atoms with Crippen molar-refractivity contribution in [1.82, 2.24) is 0 Å². The lowest BCUT2D eigenvalue weighted by molar-refractivity contribution is -0.359. The normalized spacial score (nSPS) is 17.9. The second-order valence-electron chi connectivity index (χ2n) is 6.97. The van der Waals surface area contributed by atoms with Gasteiger partial charge in [0.05, 0.1) is 5.92 Å². The van der Waals surface area contributed by atoms with Crippen molar-refractivity contribution < 1.29 is 58.7 Å². The van der Waals surface area contributed by atoms with E-state index in [2.05, 4.69) is 14.2 Å². The summed E-state index contributed by atoms with van der Waals surface area (Å²) in [6.07, 6.45) is -4.03. The summed E-state index contributed by atoms with van der Waals surface area (Å²) in [7, 11) is -6.22. The van der Waals surface area contributed by atoms with Crippen LogP contribution in [0.5, 0.6) is 5.75 Å². The Bertz CT molecular complexity index is 913. The minimum absolute atomic E-state index is 0.127. The molecule has 1 aromatic rings. The van der Waals surface area contributed by atoms with E-state index >= 15 is 0 Å². The van der Waals surface area contributed by atoms with Crippen molar-refractivity contribution >= 4 is 22.1 Å². The maximum atomic E-state index is 14.0. The average Bonchev–Trinajstić information content (AvgIpc) is 2.70. The Kier molecular flexibility index (Phi) is 7.83. The van der Waals surface area contributed by atoms with Crippen molar-refractivity contribution in [3.8, 4) is 5.75 Å². The Balaban J connectivity index is 2.44. The summed E-state index contributed by atoms with van der Waals surface area (Å²) in [5.41, 5.74) is 0. The smallest absolute Gasteiger partial charge is 0.421 e. The first kappa shape index (κ1) is 25.9. The maximum Gasteiger partial charge on any atom is 0.468 e. The predicted molar refractivity (Wildman–Crippen MR) is 96.0 cm³/mol. The summed E-state index contributed by atoms with van der Waals surface area (Å²) >= 11 is 0. The second-order valence-corrected chi connectivity index (χ2v) is 8.52. The molecule has 1 unspecified atom stereocenters. The molecule has 2 rings (SSSR count). The standard InChI is InChI=1S/C18H19F5O8S/c19-16(20,32(26,27)28)11-29-17(18(21,22)23,15(25)30-13-9-5-2-6-10-13)31-14(24)12-7-3-1-4-8-12/h2,5-6,9-10,12H,1,3-4,7-8,11H2,(H,26,27,28). The molecule has 1 atom stereocenters. The Labute approximate surface area is 179 Å². The third-order valence-corrected chi connectivity index (χ3v) is 5.47. The number of carbonyl (C=O) groups excluding carboxylic acids is 2. The van der Waals surface area contributed by atoms with Crippen LogP contribution in [0, 0.1) is 5.92 Å². The Morgan fingerprint density at radius 1 is 1.00 bits per heavy atom. The van der Waals surface area contributed by atoms with Gasteiger partial charge in [0.1, 0.15) is 12.4 Å². The zero-order valence-electron chi connectivity index (χ0n) is 16.3. The first-order chi connectivity index (χ1) is 14.7. The first-order valence-electron chi connectivity index (χ1n) is 9.25. The minimum atomic E-state index is -6.22. The van der Waals surface area contributed by atoms with Crippen molar-refractivity contribution in [1.29, 1.82) is 0 Å². The van der Waals surface area contributed by atoms with Gasteiger partial charge in [-0.3, -0.25) is 9.35 Å².